The maximum Gasteiger partial charge on any atom is 0.249 e. The minimum absolute atomic E-state index is 0.0134. The summed E-state index contributed by atoms with van der Waals surface area (Å²) in [6, 6.07) is 15.0. The molecule has 1 aliphatic rings. The van der Waals surface area contributed by atoms with Crippen molar-refractivity contribution in [2.24, 2.45) is 0 Å². The number of alkyl halides is 1. The van der Waals surface area contributed by atoms with Crippen LogP contribution in [0.15, 0.2) is 66.7 Å². The van der Waals surface area contributed by atoms with Gasteiger partial charge in [0, 0.05) is 12.0 Å². The molecule has 0 radical (unpaired) electrons. The second-order valence-corrected chi connectivity index (χ2v) is 6.73. The molecular weight excluding hydrogens is 348 g/mol. The molecule has 0 saturated carbocycles. The van der Waals surface area contributed by atoms with Crippen LogP contribution < -0.4 is 4.74 Å². The average molecular weight is 371 g/mol. The van der Waals surface area contributed by atoms with Gasteiger partial charge >= 0.3 is 0 Å². The molecule has 0 bridgehead atoms. The first-order valence-corrected chi connectivity index (χ1v) is 9.10. The van der Waals surface area contributed by atoms with Crippen molar-refractivity contribution in [3.05, 3.63) is 78.1 Å². The van der Waals surface area contributed by atoms with Crippen LogP contribution >= 0.6 is 0 Å². The third kappa shape index (κ3) is 4.94. The molecule has 0 aliphatic carbocycles. The van der Waals surface area contributed by atoms with Gasteiger partial charge in [0.2, 0.25) is 5.91 Å². The number of carbonyl (C=O) groups is 1. The topological polar surface area (TPSA) is 29.5 Å². The monoisotopic (exact) mass is 371 g/mol. The Morgan fingerprint density at radius 3 is 2.70 bits per heavy atom. The Balaban J connectivity index is 1.55. The molecule has 2 unspecified atom stereocenters. The van der Waals surface area contributed by atoms with Gasteiger partial charge in [-0.1, -0.05) is 36.9 Å². The number of halogens is 2. The summed E-state index contributed by atoms with van der Waals surface area (Å²) in [5.41, 5.74) is 1.03. The first-order chi connectivity index (χ1) is 13.0. The van der Waals surface area contributed by atoms with Gasteiger partial charge in [0.15, 0.2) is 0 Å². The number of carbonyl (C=O) groups excluding carboxylic acids is 1. The minimum atomic E-state index is -1.11. The third-order valence-electron chi connectivity index (χ3n) is 4.68. The van der Waals surface area contributed by atoms with Crippen LogP contribution in [0.5, 0.6) is 5.75 Å². The van der Waals surface area contributed by atoms with Gasteiger partial charge in [-0.05, 0) is 42.7 Å². The van der Waals surface area contributed by atoms with Gasteiger partial charge in [-0.25, -0.2) is 8.78 Å². The maximum absolute atomic E-state index is 14.0. The number of nitrogens with zero attached hydrogens (tertiary/aromatic N) is 1. The number of rotatable bonds is 7. The molecule has 142 valence electrons. The van der Waals surface area contributed by atoms with E-state index in [9.17, 15) is 13.6 Å². The highest BCUT2D eigenvalue weighted by Crippen LogP contribution is 2.35. The smallest absolute Gasteiger partial charge is 0.249 e. The Morgan fingerprint density at radius 1 is 1.19 bits per heavy atom. The second-order valence-electron chi connectivity index (χ2n) is 6.73. The molecule has 1 fully saturated rings. The van der Waals surface area contributed by atoms with Crippen molar-refractivity contribution in [1.29, 1.82) is 0 Å². The Labute approximate surface area is 158 Å². The molecule has 2 atom stereocenters. The molecule has 0 aromatic heterocycles. The predicted octanol–water partition coefficient (Wildman–Crippen LogP) is 4.85. The molecule has 2 aromatic rings. The molecule has 1 saturated heterocycles. The fraction of sp³-hybridized carbons (Fsp3) is 0.318. The summed E-state index contributed by atoms with van der Waals surface area (Å²) >= 11 is 0. The first-order valence-electron chi connectivity index (χ1n) is 9.10. The lowest BCUT2D eigenvalue weighted by atomic mass is 10.0. The minimum Gasteiger partial charge on any atom is -0.494 e. The molecule has 5 heteroatoms. The zero-order valence-electron chi connectivity index (χ0n) is 15.1. The van der Waals surface area contributed by atoms with Gasteiger partial charge in [0.05, 0.1) is 19.2 Å². The summed E-state index contributed by atoms with van der Waals surface area (Å²) in [5.74, 6) is 0.114. The number of likely N-dealkylation sites (tertiary alicyclic amines) is 1. The highest BCUT2D eigenvalue weighted by molar-refractivity contribution is 5.93. The van der Waals surface area contributed by atoms with Crippen molar-refractivity contribution >= 4 is 5.91 Å². The molecule has 3 nitrogen and oxygen atoms in total. The van der Waals surface area contributed by atoms with Crippen LogP contribution in [0.2, 0.25) is 0 Å². The summed E-state index contributed by atoms with van der Waals surface area (Å²) in [6.07, 6.45) is 0.169. The molecule has 2 aromatic carbocycles. The van der Waals surface area contributed by atoms with Crippen molar-refractivity contribution < 1.29 is 18.3 Å². The predicted molar refractivity (Wildman–Crippen MR) is 101 cm³/mol. The molecule has 1 amide bonds. The van der Waals surface area contributed by atoms with Gasteiger partial charge in [-0.2, -0.15) is 0 Å². The number of ether oxygens (including phenoxy) is 1. The normalized spacial score (nSPS) is 19.1. The van der Waals surface area contributed by atoms with Gasteiger partial charge in [-0.3, -0.25) is 4.79 Å². The van der Waals surface area contributed by atoms with Gasteiger partial charge in [0.25, 0.3) is 0 Å². The Hall–Kier alpha value is -2.69. The number of hydrogen-bond donors (Lipinski definition) is 0. The molecule has 0 N–H and O–H groups in total. The number of para-hydroxylation sites is 1. The fourth-order valence-corrected chi connectivity index (χ4v) is 3.34. The Kier molecular flexibility index (Phi) is 6.22. The zero-order valence-corrected chi connectivity index (χ0v) is 15.1. The summed E-state index contributed by atoms with van der Waals surface area (Å²) in [5, 5.41) is 0. The number of benzene rings is 2. The zero-order chi connectivity index (χ0) is 19.2. The van der Waals surface area contributed by atoms with E-state index in [0.29, 0.717) is 30.6 Å². The van der Waals surface area contributed by atoms with E-state index < -0.39 is 12.2 Å². The van der Waals surface area contributed by atoms with Crippen molar-refractivity contribution in [1.82, 2.24) is 4.90 Å². The number of amides is 1. The molecule has 3 rings (SSSR count). The van der Waals surface area contributed by atoms with Gasteiger partial charge < -0.3 is 9.64 Å². The molecule has 0 spiro atoms. The van der Waals surface area contributed by atoms with Crippen LogP contribution in [-0.4, -0.2) is 30.1 Å². The molecule has 1 heterocycles. The molecular formula is C22H23F2NO2. The van der Waals surface area contributed by atoms with E-state index in [0.717, 1.165) is 5.75 Å². The van der Waals surface area contributed by atoms with E-state index in [-0.39, 0.29) is 24.7 Å². The van der Waals surface area contributed by atoms with E-state index in [2.05, 4.69) is 6.58 Å². The first kappa shape index (κ1) is 19.1. The van der Waals surface area contributed by atoms with E-state index in [1.807, 2.05) is 30.3 Å². The summed E-state index contributed by atoms with van der Waals surface area (Å²) in [4.78, 5) is 14.2. The quantitative estimate of drug-likeness (QED) is 0.514. The highest BCUT2D eigenvalue weighted by atomic mass is 19.1. The van der Waals surface area contributed by atoms with Crippen LogP contribution in [0.4, 0.5) is 8.78 Å². The van der Waals surface area contributed by atoms with E-state index in [4.69, 9.17) is 4.74 Å². The summed E-state index contributed by atoms with van der Waals surface area (Å²) in [7, 11) is 0. The van der Waals surface area contributed by atoms with Crippen molar-refractivity contribution in [3.8, 4) is 5.75 Å². The van der Waals surface area contributed by atoms with Crippen molar-refractivity contribution in [2.75, 3.05) is 13.2 Å². The van der Waals surface area contributed by atoms with Crippen LogP contribution in [0.25, 0.3) is 0 Å². The molecule has 1 aliphatic heterocycles. The largest absolute Gasteiger partial charge is 0.494 e. The van der Waals surface area contributed by atoms with Gasteiger partial charge in [0.1, 0.15) is 17.7 Å². The number of hydrogen-bond acceptors (Lipinski definition) is 2. The van der Waals surface area contributed by atoms with E-state index >= 15 is 0 Å². The van der Waals surface area contributed by atoms with Crippen LogP contribution in [0, 0.1) is 5.82 Å². The van der Waals surface area contributed by atoms with Crippen molar-refractivity contribution in [3.63, 3.8) is 0 Å². The van der Waals surface area contributed by atoms with E-state index in [1.54, 1.807) is 12.1 Å². The third-order valence-corrected chi connectivity index (χ3v) is 4.68. The summed E-state index contributed by atoms with van der Waals surface area (Å²) in [6.45, 7) is 4.35. The van der Waals surface area contributed by atoms with Crippen LogP contribution in [0.3, 0.4) is 0 Å². The van der Waals surface area contributed by atoms with Crippen LogP contribution in [-0.2, 0) is 4.79 Å². The second kappa shape index (κ2) is 8.80. The Morgan fingerprint density at radius 2 is 1.96 bits per heavy atom. The highest BCUT2D eigenvalue weighted by Gasteiger charge is 2.36. The van der Waals surface area contributed by atoms with Crippen LogP contribution in [0.1, 0.15) is 30.9 Å². The fourth-order valence-electron chi connectivity index (χ4n) is 3.34. The van der Waals surface area contributed by atoms with Crippen molar-refractivity contribution in [2.45, 2.75) is 31.5 Å². The maximum atomic E-state index is 14.0. The standard InChI is InChI=1S/C22H23F2NO2/c1-16(7-6-12-27-20-10-3-2-4-11-20)22(26)25-15-19(24)14-21(25)17-8-5-9-18(23)13-17/h2-5,8-11,13,19,21H,1,6-7,12,14-15H2. The summed E-state index contributed by atoms with van der Waals surface area (Å²) < 4.78 is 33.1. The lowest BCUT2D eigenvalue weighted by Gasteiger charge is -2.25. The molecule has 27 heavy (non-hydrogen) atoms. The average Bonchev–Trinajstić information content (AvgIpc) is 3.07. The van der Waals surface area contributed by atoms with E-state index in [1.165, 1.54) is 17.0 Å². The lowest BCUT2D eigenvalue weighted by Crippen LogP contribution is -2.32. The SMILES string of the molecule is C=C(CCCOc1ccccc1)C(=O)N1CC(F)CC1c1cccc(F)c1. The lowest BCUT2D eigenvalue weighted by molar-refractivity contribution is -0.128. The Bertz CT molecular complexity index is 794. The van der Waals surface area contributed by atoms with Gasteiger partial charge in [-0.15, -0.1) is 0 Å².